The van der Waals surface area contributed by atoms with Crippen molar-refractivity contribution < 1.29 is 19.2 Å². The van der Waals surface area contributed by atoms with Crippen LogP contribution in [0.3, 0.4) is 0 Å². The van der Waals surface area contributed by atoms with E-state index >= 15 is 0 Å². The number of Topliss-reactive ketones (excluding diaryl/α,β-unsaturated/α-hetero) is 1. The smallest absolute Gasteiger partial charge is 0.246 e. The van der Waals surface area contributed by atoms with E-state index in [0.29, 0.717) is 31.4 Å². The van der Waals surface area contributed by atoms with Crippen LogP contribution in [0.5, 0.6) is 0 Å². The Kier molecular flexibility index (Phi) is 9.55. The van der Waals surface area contributed by atoms with Crippen LogP contribution in [0.1, 0.15) is 39.2 Å². The third kappa shape index (κ3) is 6.56. The van der Waals surface area contributed by atoms with Crippen LogP contribution in [0.25, 0.3) is 0 Å². The van der Waals surface area contributed by atoms with Crippen molar-refractivity contribution in [1.82, 2.24) is 15.5 Å². The van der Waals surface area contributed by atoms with Gasteiger partial charge < -0.3 is 15.5 Å². The fourth-order valence-corrected chi connectivity index (χ4v) is 4.44. The van der Waals surface area contributed by atoms with E-state index in [-0.39, 0.29) is 29.6 Å². The van der Waals surface area contributed by atoms with E-state index in [9.17, 15) is 19.2 Å². The molecule has 1 fully saturated rings. The minimum Gasteiger partial charge on any atom is -0.347 e. The lowest BCUT2D eigenvalue weighted by molar-refractivity contribution is -0.141. The topological polar surface area (TPSA) is 95.6 Å². The van der Waals surface area contributed by atoms with Crippen molar-refractivity contribution in [3.63, 3.8) is 0 Å². The number of likely N-dealkylation sites (tertiary alicyclic amines) is 1. The van der Waals surface area contributed by atoms with E-state index < -0.39 is 18.1 Å². The van der Waals surface area contributed by atoms with Gasteiger partial charge in [-0.15, -0.1) is 0 Å². The second-order valence-corrected chi connectivity index (χ2v) is 9.26. The van der Waals surface area contributed by atoms with Crippen molar-refractivity contribution in [2.24, 2.45) is 5.92 Å². The number of nitrogens with one attached hydrogen (secondary N) is 2. The van der Waals surface area contributed by atoms with Gasteiger partial charge in [-0.25, -0.2) is 0 Å². The second kappa shape index (κ2) is 11.9. The average Bonchev–Trinajstić information content (AvgIpc) is 3.02. The van der Waals surface area contributed by atoms with Crippen molar-refractivity contribution in [3.8, 4) is 0 Å². The van der Waals surface area contributed by atoms with Crippen LogP contribution < -0.4 is 10.6 Å². The molecular formula is C23H33N3O4S. The monoisotopic (exact) mass is 447 g/mol. The minimum atomic E-state index is -0.703. The number of nitrogens with zero attached hydrogens (tertiary/aromatic N) is 1. The number of amides is 3. The van der Waals surface area contributed by atoms with Crippen molar-refractivity contribution in [2.75, 3.05) is 12.0 Å². The molecule has 0 radical (unpaired) electrons. The molecule has 7 nitrogen and oxygen atoms in total. The summed E-state index contributed by atoms with van der Waals surface area (Å²) in [5.41, 5.74) is 0.987. The van der Waals surface area contributed by atoms with E-state index in [0.717, 1.165) is 5.56 Å². The lowest BCUT2D eigenvalue weighted by Gasteiger charge is -2.32. The van der Waals surface area contributed by atoms with Gasteiger partial charge in [0.15, 0.2) is 5.78 Å². The predicted molar refractivity (Wildman–Crippen MR) is 123 cm³/mol. The Morgan fingerprint density at radius 1 is 1.26 bits per heavy atom. The van der Waals surface area contributed by atoms with Crippen LogP contribution in [0.15, 0.2) is 30.3 Å². The van der Waals surface area contributed by atoms with Gasteiger partial charge in [0, 0.05) is 12.0 Å². The molecule has 1 aliphatic rings. The molecule has 8 heteroatoms. The summed E-state index contributed by atoms with van der Waals surface area (Å²) in [4.78, 5) is 51.5. The number of hydrogen-bond donors (Lipinski definition) is 2. The van der Waals surface area contributed by atoms with Crippen LogP contribution >= 0.6 is 11.8 Å². The number of benzene rings is 1. The molecule has 0 bridgehead atoms. The summed E-state index contributed by atoms with van der Waals surface area (Å²) in [5.74, 6) is -0.109. The summed E-state index contributed by atoms with van der Waals surface area (Å²) < 4.78 is 0. The Morgan fingerprint density at radius 3 is 2.52 bits per heavy atom. The van der Waals surface area contributed by atoms with E-state index in [1.54, 1.807) is 16.7 Å². The van der Waals surface area contributed by atoms with E-state index in [1.165, 1.54) is 0 Å². The largest absolute Gasteiger partial charge is 0.347 e. The Morgan fingerprint density at radius 2 is 1.94 bits per heavy atom. The Bertz CT molecular complexity index is 771. The number of ketones is 1. The molecule has 0 saturated carbocycles. The molecule has 0 spiro atoms. The molecule has 1 aromatic rings. The lowest BCUT2D eigenvalue weighted by Crippen LogP contribution is -2.53. The van der Waals surface area contributed by atoms with Gasteiger partial charge in [0.2, 0.25) is 18.2 Å². The highest BCUT2D eigenvalue weighted by atomic mass is 32.2. The molecule has 170 valence electrons. The third-order valence-electron chi connectivity index (χ3n) is 5.62. The first-order valence-electron chi connectivity index (χ1n) is 10.7. The summed E-state index contributed by atoms with van der Waals surface area (Å²) >= 11 is 1.58. The van der Waals surface area contributed by atoms with Crippen LogP contribution in [0, 0.1) is 5.92 Å². The molecule has 31 heavy (non-hydrogen) atoms. The average molecular weight is 448 g/mol. The van der Waals surface area contributed by atoms with Gasteiger partial charge in [-0.05, 0) is 43.8 Å². The molecule has 1 unspecified atom stereocenters. The molecule has 2 rings (SSSR count). The number of rotatable bonds is 12. The zero-order valence-corrected chi connectivity index (χ0v) is 19.5. The SMILES string of the molecule is CSCC[C@H](NC=O)C(=O)N[C@H]1CC(C)N([C@@H](Cc2ccccc2)C(=O)C(C)C)C1=O. The summed E-state index contributed by atoms with van der Waals surface area (Å²) in [6, 6.07) is 7.51. The van der Waals surface area contributed by atoms with E-state index in [4.69, 9.17) is 0 Å². The van der Waals surface area contributed by atoms with Crippen molar-refractivity contribution in [2.45, 2.75) is 64.2 Å². The van der Waals surface area contributed by atoms with Crippen LogP contribution in [-0.4, -0.2) is 65.1 Å². The fourth-order valence-electron chi connectivity index (χ4n) is 3.97. The van der Waals surface area contributed by atoms with E-state index in [1.807, 2.05) is 57.4 Å². The molecule has 1 aliphatic heterocycles. The van der Waals surface area contributed by atoms with Gasteiger partial charge in [-0.2, -0.15) is 11.8 Å². The number of carbonyl (C=O) groups excluding carboxylic acids is 4. The molecule has 2 N–H and O–H groups in total. The number of hydrogen-bond acceptors (Lipinski definition) is 5. The number of thioether (sulfide) groups is 1. The standard InChI is InChI=1S/C23H33N3O4S/c1-15(2)21(28)20(13-17-8-6-5-7-9-17)26-16(3)12-19(23(26)30)25-22(29)18(24-14-27)10-11-31-4/h5-9,14-16,18-20H,10-13H2,1-4H3,(H,24,27)(H,25,29)/t16?,18-,19-,20-/m0/s1. The minimum absolute atomic E-state index is 0.0106. The highest BCUT2D eigenvalue weighted by Crippen LogP contribution is 2.26. The highest BCUT2D eigenvalue weighted by molar-refractivity contribution is 7.98. The molecule has 0 aromatic heterocycles. The summed E-state index contributed by atoms with van der Waals surface area (Å²) in [6.45, 7) is 5.59. The second-order valence-electron chi connectivity index (χ2n) is 8.27. The lowest BCUT2D eigenvalue weighted by atomic mass is 9.94. The Hall–Kier alpha value is -2.35. The van der Waals surface area contributed by atoms with Gasteiger partial charge in [0.25, 0.3) is 0 Å². The normalized spacial score (nSPS) is 20.4. The molecule has 4 atom stereocenters. The highest BCUT2D eigenvalue weighted by Gasteiger charge is 2.44. The zero-order chi connectivity index (χ0) is 23.0. The van der Waals surface area contributed by atoms with Crippen LogP contribution in [0.2, 0.25) is 0 Å². The van der Waals surface area contributed by atoms with Gasteiger partial charge >= 0.3 is 0 Å². The molecule has 1 aromatic carbocycles. The van der Waals surface area contributed by atoms with Gasteiger partial charge in [-0.3, -0.25) is 19.2 Å². The van der Waals surface area contributed by atoms with Crippen molar-refractivity contribution in [1.29, 1.82) is 0 Å². The van der Waals surface area contributed by atoms with Gasteiger partial charge in [-0.1, -0.05) is 44.2 Å². The molecule has 1 heterocycles. The number of carbonyl (C=O) groups is 4. The first-order valence-corrected chi connectivity index (χ1v) is 12.1. The maximum atomic E-state index is 13.3. The maximum absolute atomic E-state index is 13.3. The zero-order valence-electron chi connectivity index (χ0n) is 18.7. The van der Waals surface area contributed by atoms with Crippen molar-refractivity contribution >= 4 is 35.8 Å². The molecular weight excluding hydrogens is 414 g/mol. The van der Waals surface area contributed by atoms with Gasteiger partial charge in [0.1, 0.15) is 12.1 Å². The first-order chi connectivity index (χ1) is 14.8. The molecule has 1 saturated heterocycles. The fraction of sp³-hybridized carbons (Fsp3) is 0.565. The third-order valence-corrected chi connectivity index (χ3v) is 6.27. The predicted octanol–water partition coefficient (Wildman–Crippen LogP) is 1.80. The van der Waals surface area contributed by atoms with Crippen LogP contribution in [0.4, 0.5) is 0 Å². The quantitative estimate of drug-likeness (QED) is 0.477. The molecule has 3 amide bonds. The summed E-state index contributed by atoms with van der Waals surface area (Å²) in [7, 11) is 0. The van der Waals surface area contributed by atoms with E-state index in [2.05, 4.69) is 10.6 Å². The van der Waals surface area contributed by atoms with Crippen molar-refractivity contribution in [3.05, 3.63) is 35.9 Å². The van der Waals surface area contributed by atoms with Gasteiger partial charge in [0.05, 0.1) is 6.04 Å². The maximum Gasteiger partial charge on any atom is 0.246 e. The summed E-state index contributed by atoms with van der Waals surface area (Å²) in [5, 5.41) is 5.33. The Labute approximate surface area is 188 Å². The van der Waals surface area contributed by atoms with Crippen LogP contribution in [-0.2, 0) is 25.6 Å². The molecule has 0 aliphatic carbocycles. The summed E-state index contributed by atoms with van der Waals surface area (Å²) in [6.07, 6.45) is 3.78. The Balaban J connectivity index is 2.18. The first kappa shape index (κ1) is 24.9.